The highest BCUT2D eigenvalue weighted by Crippen LogP contribution is 2.40. The predicted octanol–water partition coefficient (Wildman–Crippen LogP) is 6.43. The maximum Gasteiger partial charge on any atom is 0.411 e. The van der Waals surface area contributed by atoms with E-state index >= 15 is 0 Å². The van der Waals surface area contributed by atoms with Crippen molar-refractivity contribution in [2.24, 2.45) is 0 Å². The van der Waals surface area contributed by atoms with Crippen molar-refractivity contribution < 1.29 is 32.8 Å². The van der Waals surface area contributed by atoms with E-state index in [-0.39, 0.29) is 17.0 Å². The number of non-ortho nitro benzene ring substituents is 1. The molecule has 0 aromatic heterocycles. The molecule has 0 saturated heterocycles. The number of carboxylic acid groups (broad SMARTS) is 1. The van der Waals surface area contributed by atoms with Crippen molar-refractivity contribution in [1.29, 1.82) is 0 Å². The van der Waals surface area contributed by atoms with Crippen molar-refractivity contribution >= 4 is 27.8 Å². The van der Waals surface area contributed by atoms with Crippen molar-refractivity contribution in [2.45, 2.75) is 62.7 Å². The van der Waals surface area contributed by atoms with Gasteiger partial charge in [-0.2, -0.15) is 0 Å². The summed E-state index contributed by atoms with van der Waals surface area (Å²) >= 11 is 0. The second kappa shape index (κ2) is 14.1. The average molecular weight is 660 g/mol. The van der Waals surface area contributed by atoms with Crippen LogP contribution in [0.3, 0.4) is 0 Å². The fourth-order valence-electron chi connectivity index (χ4n) is 5.23. The Balaban J connectivity index is 2.08. The third kappa shape index (κ3) is 8.40. The van der Waals surface area contributed by atoms with Crippen LogP contribution in [-0.4, -0.2) is 46.6 Å². The first-order valence-corrected chi connectivity index (χ1v) is 16.3. The molecule has 4 aromatic carbocycles. The van der Waals surface area contributed by atoms with Gasteiger partial charge >= 0.3 is 12.1 Å². The highest BCUT2D eigenvalue weighted by Gasteiger charge is 2.56. The molecule has 2 unspecified atom stereocenters. The van der Waals surface area contributed by atoms with E-state index < -0.39 is 56.3 Å². The van der Waals surface area contributed by atoms with Gasteiger partial charge in [-0.1, -0.05) is 90.5 Å². The van der Waals surface area contributed by atoms with Crippen molar-refractivity contribution in [3.63, 3.8) is 0 Å². The average Bonchev–Trinajstić information content (AvgIpc) is 3.02. The standard InChI is InChI=1S/C35H37N3O8S/c1-25-18-20-30(21-19-25)47(44,45)36-31(28-16-11-17-29(22-28)38(42)43)35(32(39)40,23-26-12-7-5-8-13-26)37(33(41)46-34(2,3)4)24-27-14-9-6-10-15-27/h5-22,31,36H,23-24H2,1-4H3,(H,39,40). The minimum absolute atomic E-state index is 0.0464. The maximum atomic E-state index is 14.2. The number of nitrogens with one attached hydrogen (secondary N) is 1. The maximum absolute atomic E-state index is 14.2. The zero-order chi connectivity index (χ0) is 34.4. The molecular weight excluding hydrogens is 622 g/mol. The number of nitro benzene ring substituents is 1. The molecule has 12 heteroatoms. The number of ether oxygens (including phenoxy) is 1. The van der Waals surface area contributed by atoms with Crippen LogP contribution in [0.4, 0.5) is 10.5 Å². The van der Waals surface area contributed by atoms with Crippen molar-refractivity contribution in [1.82, 2.24) is 9.62 Å². The van der Waals surface area contributed by atoms with Gasteiger partial charge in [0.25, 0.3) is 5.69 Å². The van der Waals surface area contributed by atoms with Gasteiger partial charge in [0.05, 0.1) is 22.4 Å². The summed E-state index contributed by atoms with van der Waals surface area (Å²) in [4.78, 5) is 40.3. The van der Waals surface area contributed by atoms with Crippen molar-refractivity contribution in [2.75, 3.05) is 0 Å². The van der Waals surface area contributed by atoms with Crippen LogP contribution in [0.1, 0.15) is 49.1 Å². The van der Waals surface area contributed by atoms with Gasteiger partial charge in [-0.3, -0.25) is 15.0 Å². The van der Waals surface area contributed by atoms with Crippen LogP contribution in [0.25, 0.3) is 0 Å². The zero-order valence-corrected chi connectivity index (χ0v) is 27.3. The number of rotatable bonds is 12. The summed E-state index contributed by atoms with van der Waals surface area (Å²) < 4.78 is 36.5. The summed E-state index contributed by atoms with van der Waals surface area (Å²) in [5.74, 6) is -1.56. The largest absolute Gasteiger partial charge is 0.479 e. The van der Waals surface area contributed by atoms with E-state index in [1.54, 1.807) is 100 Å². The molecule has 246 valence electrons. The summed E-state index contributed by atoms with van der Waals surface area (Å²) in [6.45, 7) is 6.37. The number of sulfonamides is 1. The fourth-order valence-corrected chi connectivity index (χ4v) is 6.50. The molecule has 4 rings (SSSR count). The first-order valence-electron chi connectivity index (χ1n) is 14.8. The molecule has 0 spiro atoms. The van der Waals surface area contributed by atoms with Crippen LogP contribution < -0.4 is 4.72 Å². The number of nitrogens with zero attached hydrogens (tertiary/aromatic N) is 2. The molecule has 0 aliphatic rings. The first kappa shape index (κ1) is 34.8. The second-order valence-electron chi connectivity index (χ2n) is 12.2. The van der Waals surface area contributed by atoms with Crippen LogP contribution in [0.2, 0.25) is 0 Å². The molecule has 0 saturated carbocycles. The summed E-state index contributed by atoms with van der Waals surface area (Å²) in [6, 6.07) is 26.3. The fraction of sp³-hybridized carbons (Fsp3) is 0.257. The molecular formula is C35H37N3O8S. The normalized spacial score (nSPS) is 13.6. The van der Waals surface area contributed by atoms with E-state index in [0.29, 0.717) is 11.1 Å². The van der Waals surface area contributed by atoms with E-state index in [4.69, 9.17) is 4.74 Å². The number of hydrogen-bond acceptors (Lipinski definition) is 7. The quantitative estimate of drug-likeness (QED) is 0.130. The van der Waals surface area contributed by atoms with E-state index in [9.17, 15) is 33.2 Å². The number of aliphatic carboxylic acids is 1. The monoisotopic (exact) mass is 659 g/mol. The molecule has 0 radical (unpaired) electrons. The molecule has 0 fully saturated rings. The number of nitro groups is 1. The van der Waals surface area contributed by atoms with E-state index in [2.05, 4.69) is 4.72 Å². The second-order valence-corrected chi connectivity index (χ2v) is 13.9. The number of benzene rings is 4. The lowest BCUT2D eigenvalue weighted by atomic mass is 9.78. The van der Waals surface area contributed by atoms with Crippen LogP contribution in [-0.2, 0) is 32.5 Å². The number of hydrogen-bond donors (Lipinski definition) is 2. The molecule has 4 aromatic rings. The Bertz CT molecular complexity index is 1830. The Morgan fingerprint density at radius 2 is 1.47 bits per heavy atom. The Morgan fingerprint density at radius 3 is 2.00 bits per heavy atom. The molecule has 2 atom stereocenters. The van der Waals surface area contributed by atoms with Gasteiger partial charge in [0.15, 0.2) is 5.54 Å². The van der Waals surface area contributed by atoms with E-state index in [0.717, 1.165) is 16.5 Å². The van der Waals surface area contributed by atoms with Gasteiger partial charge in [-0.15, -0.1) is 0 Å². The molecule has 11 nitrogen and oxygen atoms in total. The number of amides is 1. The van der Waals surface area contributed by atoms with Crippen LogP contribution in [0, 0.1) is 17.0 Å². The van der Waals surface area contributed by atoms with Crippen LogP contribution in [0.15, 0.2) is 114 Å². The number of carboxylic acids is 1. The molecule has 2 N–H and O–H groups in total. The minimum Gasteiger partial charge on any atom is -0.479 e. The molecule has 0 aliphatic heterocycles. The summed E-state index contributed by atoms with van der Waals surface area (Å²) in [5, 5.41) is 23.3. The van der Waals surface area contributed by atoms with Gasteiger partial charge < -0.3 is 9.84 Å². The number of carbonyl (C=O) groups is 2. The van der Waals surface area contributed by atoms with Gasteiger partial charge in [-0.25, -0.2) is 22.7 Å². The SMILES string of the molecule is Cc1ccc(S(=O)(=O)NC(c2cccc([N+](=O)[O-])c2)C(Cc2ccccc2)(C(=O)O)N(Cc2ccccc2)C(=O)OC(C)(C)C)cc1. The molecule has 0 aliphatic carbocycles. The summed E-state index contributed by atoms with van der Waals surface area (Å²) in [7, 11) is -4.50. The summed E-state index contributed by atoms with van der Waals surface area (Å²) in [5.41, 5.74) is -2.15. The van der Waals surface area contributed by atoms with E-state index in [1.807, 2.05) is 0 Å². The third-order valence-corrected chi connectivity index (χ3v) is 8.90. The van der Waals surface area contributed by atoms with Gasteiger partial charge in [0.2, 0.25) is 10.0 Å². The lowest BCUT2D eigenvalue weighted by Crippen LogP contribution is -2.65. The lowest BCUT2D eigenvalue weighted by molar-refractivity contribution is -0.384. The van der Waals surface area contributed by atoms with Crippen molar-refractivity contribution in [3.8, 4) is 0 Å². The smallest absolute Gasteiger partial charge is 0.411 e. The minimum atomic E-state index is -4.50. The Hall–Kier alpha value is -5.07. The van der Waals surface area contributed by atoms with Crippen LogP contribution in [0.5, 0.6) is 0 Å². The zero-order valence-electron chi connectivity index (χ0n) is 26.5. The molecule has 1 amide bonds. The highest BCUT2D eigenvalue weighted by atomic mass is 32.2. The highest BCUT2D eigenvalue weighted by molar-refractivity contribution is 7.89. The van der Waals surface area contributed by atoms with Crippen LogP contribution >= 0.6 is 0 Å². The Morgan fingerprint density at radius 1 is 0.894 bits per heavy atom. The molecule has 0 bridgehead atoms. The Labute approximate surface area is 274 Å². The predicted molar refractivity (Wildman–Crippen MR) is 176 cm³/mol. The third-order valence-electron chi connectivity index (χ3n) is 7.46. The lowest BCUT2D eigenvalue weighted by Gasteiger charge is -2.46. The number of aryl methyl sites for hydroxylation is 1. The molecule has 0 heterocycles. The van der Waals surface area contributed by atoms with Gasteiger partial charge in [-0.05, 0) is 56.5 Å². The molecule has 47 heavy (non-hydrogen) atoms. The topological polar surface area (TPSA) is 156 Å². The Kier molecular flexibility index (Phi) is 10.5. The van der Waals surface area contributed by atoms with Gasteiger partial charge in [0, 0.05) is 18.6 Å². The van der Waals surface area contributed by atoms with E-state index in [1.165, 1.54) is 30.3 Å². The number of carbonyl (C=O) groups excluding carboxylic acids is 1. The van der Waals surface area contributed by atoms with Crippen molar-refractivity contribution in [3.05, 3.63) is 142 Å². The summed E-state index contributed by atoms with van der Waals surface area (Å²) in [6.07, 6.45) is -1.43. The van der Waals surface area contributed by atoms with Gasteiger partial charge in [0.1, 0.15) is 5.60 Å². The first-order chi connectivity index (χ1) is 22.1.